The van der Waals surface area contributed by atoms with Gasteiger partial charge in [0.05, 0.1) is 17.1 Å². The van der Waals surface area contributed by atoms with Crippen LogP contribution in [-0.4, -0.2) is 15.9 Å². The standard InChI is InChI=1S/C24H18Br3N3O2/c1-2-23-29-22-10-7-17(25)11-20(22)24(31)30(23)28-13-15-3-8-19(9-4-15)32-14-16-5-6-18(26)12-21(16)27/h3-13H,2,14H2,1H3. The van der Waals surface area contributed by atoms with Gasteiger partial charge in [-0.2, -0.15) is 9.78 Å². The van der Waals surface area contributed by atoms with Gasteiger partial charge in [0.15, 0.2) is 0 Å². The number of ether oxygens (including phenoxy) is 1. The van der Waals surface area contributed by atoms with Crippen molar-refractivity contribution in [2.75, 3.05) is 0 Å². The molecule has 0 atom stereocenters. The Morgan fingerprint density at radius 1 is 1.00 bits per heavy atom. The molecule has 0 radical (unpaired) electrons. The Morgan fingerprint density at radius 2 is 1.72 bits per heavy atom. The molecule has 32 heavy (non-hydrogen) atoms. The van der Waals surface area contributed by atoms with Gasteiger partial charge in [-0.25, -0.2) is 4.98 Å². The van der Waals surface area contributed by atoms with Gasteiger partial charge >= 0.3 is 0 Å². The number of rotatable bonds is 6. The van der Waals surface area contributed by atoms with Gasteiger partial charge in [0.2, 0.25) is 0 Å². The Kier molecular flexibility index (Phi) is 7.23. The van der Waals surface area contributed by atoms with Crippen molar-refractivity contribution in [3.05, 3.63) is 101 Å². The van der Waals surface area contributed by atoms with Crippen molar-refractivity contribution in [1.82, 2.24) is 9.66 Å². The molecule has 0 aliphatic rings. The van der Waals surface area contributed by atoms with Crippen molar-refractivity contribution in [3.8, 4) is 5.75 Å². The van der Waals surface area contributed by atoms with E-state index in [2.05, 4.69) is 57.9 Å². The van der Waals surface area contributed by atoms with Crippen LogP contribution in [0, 0.1) is 0 Å². The highest BCUT2D eigenvalue weighted by Crippen LogP contribution is 2.23. The Morgan fingerprint density at radius 3 is 2.44 bits per heavy atom. The lowest BCUT2D eigenvalue weighted by Gasteiger charge is -2.09. The second-order valence-corrected chi connectivity index (χ2v) is 9.68. The molecule has 0 aliphatic carbocycles. The molecule has 0 fully saturated rings. The van der Waals surface area contributed by atoms with Gasteiger partial charge in [0.25, 0.3) is 5.56 Å². The first-order valence-electron chi connectivity index (χ1n) is 9.87. The van der Waals surface area contributed by atoms with E-state index in [9.17, 15) is 4.79 Å². The maximum absolute atomic E-state index is 13.0. The number of fused-ring (bicyclic) bond motifs is 1. The number of benzene rings is 3. The Balaban J connectivity index is 1.53. The molecule has 0 aliphatic heterocycles. The zero-order chi connectivity index (χ0) is 22.7. The summed E-state index contributed by atoms with van der Waals surface area (Å²) in [7, 11) is 0. The molecule has 1 aromatic heterocycles. The van der Waals surface area contributed by atoms with Gasteiger partial charge in [0, 0.05) is 25.4 Å². The molecule has 0 spiro atoms. The molecular formula is C24H18Br3N3O2. The third-order valence-electron chi connectivity index (χ3n) is 4.80. The second kappa shape index (κ2) is 10.1. The average molecular weight is 620 g/mol. The molecule has 8 heteroatoms. The SMILES string of the molecule is CCc1nc2ccc(Br)cc2c(=O)n1N=Cc1ccc(OCc2ccc(Br)cc2Br)cc1. The number of aryl methyl sites for hydroxylation is 1. The highest BCUT2D eigenvalue weighted by atomic mass is 79.9. The van der Waals surface area contributed by atoms with Crippen molar-refractivity contribution in [2.24, 2.45) is 5.10 Å². The van der Waals surface area contributed by atoms with Gasteiger partial charge in [-0.05, 0) is 60.2 Å². The van der Waals surface area contributed by atoms with Crippen LogP contribution in [0.15, 0.2) is 84.0 Å². The number of nitrogens with zero attached hydrogens (tertiary/aromatic N) is 3. The smallest absolute Gasteiger partial charge is 0.282 e. The van der Waals surface area contributed by atoms with Crippen LogP contribution in [-0.2, 0) is 13.0 Å². The summed E-state index contributed by atoms with van der Waals surface area (Å²) >= 11 is 10.4. The van der Waals surface area contributed by atoms with E-state index in [1.54, 1.807) is 12.3 Å². The first-order valence-corrected chi connectivity index (χ1v) is 12.2. The maximum Gasteiger partial charge on any atom is 0.282 e. The van der Waals surface area contributed by atoms with Crippen LogP contribution in [0.5, 0.6) is 5.75 Å². The van der Waals surface area contributed by atoms with E-state index in [0.717, 1.165) is 30.3 Å². The molecule has 4 rings (SSSR count). The van der Waals surface area contributed by atoms with Gasteiger partial charge in [-0.15, -0.1) is 0 Å². The molecule has 5 nitrogen and oxygen atoms in total. The average Bonchev–Trinajstić information content (AvgIpc) is 2.79. The van der Waals surface area contributed by atoms with E-state index in [-0.39, 0.29) is 5.56 Å². The van der Waals surface area contributed by atoms with E-state index in [1.807, 2.05) is 61.5 Å². The molecule has 0 saturated heterocycles. The molecule has 0 unspecified atom stereocenters. The van der Waals surface area contributed by atoms with Crippen LogP contribution < -0.4 is 10.3 Å². The van der Waals surface area contributed by atoms with Crippen molar-refractivity contribution >= 4 is 64.9 Å². The van der Waals surface area contributed by atoms with Crippen molar-refractivity contribution in [2.45, 2.75) is 20.0 Å². The molecule has 0 bridgehead atoms. The van der Waals surface area contributed by atoms with E-state index < -0.39 is 0 Å². The summed E-state index contributed by atoms with van der Waals surface area (Å²) in [6.07, 6.45) is 2.25. The third-order valence-corrected chi connectivity index (χ3v) is 6.53. The normalized spacial score (nSPS) is 11.4. The summed E-state index contributed by atoms with van der Waals surface area (Å²) in [5, 5.41) is 4.94. The predicted octanol–water partition coefficient (Wildman–Crippen LogP) is 6.71. The number of aromatic nitrogens is 2. The van der Waals surface area contributed by atoms with E-state index in [1.165, 1.54) is 4.68 Å². The maximum atomic E-state index is 13.0. The summed E-state index contributed by atoms with van der Waals surface area (Å²) in [4.78, 5) is 17.6. The molecule has 162 valence electrons. The second-order valence-electron chi connectivity index (χ2n) is 7.00. The minimum absolute atomic E-state index is 0.190. The number of halogens is 3. The van der Waals surface area contributed by atoms with Gasteiger partial charge in [0.1, 0.15) is 18.2 Å². The molecular weight excluding hydrogens is 602 g/mol. The fraction of sp³-hybridized carbons (Fsp3) is 0.125. The minimum Gasteiger partial charge on any atom is -0.489 e. The number of hydrogen-bond acceptors (Lipinski definition) is 4. The van der Waals surface area contributed by atoms with Crippen LogP contribution >= 0.6 is 47.8 Å². The van der Waals surface area contributed by atoms with Crippen LogP contribution in [0.4, 0.5) is 0 Å². The van der Waals surface area contributed by atoms with Crippen LogP contribution in [0.1, 0.15) is 23.9 Å². The lowest BCUT2D eigenvalue weighted by atomic mass is 10.2. The fourth-order valence-corrected chi connectivity index (χ4v) is 4.64. The summed E-state index contributed by atoms with van der Waals surface area (Å²) in [6, 6.07) is 19.0. The summed E-state index contributed by atoms with van der Waals surface area (Å²) < 4.78 is 10.1. The molecule has 1 heterocycles. The quantitative estimate of drug-likeness (QED) is 0.226. The van der Waals surface area contributed by atoms with E-state index in [0.29, 0.717) is 29.8 Å². The van der Waals surface area contributed by atoms with Crippen LogP contribution in [0.25, 0.3) is 10.9 Å². The topological polar surface area (TPSA) is 56.5 Å². The Labute approximate surface area is 210 Å². The predicted molar refractivity (Wildman–Crippen MR) is 139 cm³/mol. The fourth-order valence-electron chi connectivity index (χ4n) is 3.12. The Bertz CT molecular complexity index is 1370. The molecule has 0 N–H and O–H groups in total. The van der Waals surface area contributed by atoms with Gasteiger partial charge in [-0.3, -0.25) is 4.79 Å². The largest absolute Gasteiger partial charge is 0.489 e. The van der Waals surface area contributed by atoms with Crippen LogP contribution in [0.2, 0.25) is 0 Å². The van der Waals surface area contributed by atoms with Crippen molar-refractivity contribution in [3.63, 3.8) is 0 Å². The molecule has 4 aromatic rings. The molecule has 0 saturated carbocycles. The lowest BCUT2D eigenvalue weighted by Crippen LogP contribution is -2.22. The first kappa shape index (κ1) is 22.9. The minimum atomic E-state index is -0.190. The zero-order valence-corrected chi connectivity index (χ0v) is 21.8. The highest BCUT2D eigenvalue weighted by Gasteiger charge is 2.09. The van der Waals surface area contributed by atoms with E-state index >= 15 is 0 Å². The zero-order valence-electron chi connectivity index (χ0n) is 17.1. The third kappa shape index (κ3) is 5.19. The number of hydrogen-bond donors (Lipinski definition) is 0. The first-order chi connectivity index (χ1) is 15.4. The molecule has 0 amide bonds. The van der Waals surface area contributed by atoms with Gasteiger partial charge < -0.3 is 4.74 Å². The highest BCUT2D eigenvalue weighted by molar-refractivity contribution is 9.11. The van der Waals surface area contributed by atoms with Crippen molar-refractivity contribution < 1.29 is 4.74 Å². The van der Waals surface area contributed by atoms with Crippen LogP contribution in [0.3, 0.4) is 0 Å². The Hall–Kier alpha value is -2.29. The summed E-state index contributed by atoms with van der Waals surface area (Å²) in [5.74, 6) is 1.36. The monoisotopic (exact) mass is 617 g/mol. The summed E-state index contributed by atoms with van der Waals surface area (Å²) in [6.45, 7) is 2.41. The van der Waals surface area contributed by atoms with Gasteiger partial charge in [-0.1, -0.05) is 60.8 Å². The summed E-state index contributed by atoms with van der Waals surface area (Å²) in [5.41, 5.74) is 2.39. The lowest BCUT2D eigenvalue weighted by molar-refractivity contribution is 0.305. The van der Waals surface area contributed by atoms with Crippen molar-refractivity contribution in [1.29, 1.82) is 0 Å². The van der Waals surface area contributed by atoms with E-state index in [4.69, 9.17) is 4.74 Å². The molecule has 3 aromatic carbocycles.